The molecule has 2 aliphatic heterocycles. The van der Waals surface area contributed by atoms with Crippen LogP contribution in [0.4, 0.5) is 10.1 Å². The number of phenols is 1. The van der Waals surface area contributed by atoms with Crippen LogP contribution in [0.5, 0.6) is 11.8 Å². The molecule has 2 fully saturated rings. The Morgan fingerprint density at radius 2 is 1.95 bits per heavy atom. The van der Waals surface area contributed by atoms with E-state index in [0.717, 1.165) is 87.2 Å². The molecule has 3 aromatic rings. The second-order valence-corrected chi connectivity index (χ2v) is 12.5. The maximum absolute atomic E-state index is 15.0. The van der Waals surface area contributed by atoms with Gasteiger partial charge in [-0.3, -0.25) is 5.01 Å². The third kappa shape index (κ3) is 6.30. The summed E-state index contributed by atoms with van der Waals surface area (Å²) in [5.74, 6) is -0.0643. The van der Waals surface area contributed by atoms with Gasteiger partial charge in [0, 0.05) is 40.7 Å². The minimum Gasteiger partial charge on any atom is -0.508 e. The fourth-order valence-corrected chi connectivity index (χ4v) is 6.67. The van der Waals surface area contributed by atoms with E-state index in [9.17, 15) is 9.50 Å². The summed E-state index contributed by atoms with van der Waals surface area (Å²) < 4.78 is 39.3. The Labute approximate surface area is 257 Å². The van der Waals surface area contributed by atoms with Crippen LogP contribution in [0.3, 0.4) is 0 Å². The monoisotopic (exact) mass is 589 g/mol. The number of halogens is 1. The molecule has 2 aromatic carbocycles. The zero-order chi connectivity index (χ0) is 31.8. The van der Waals surface area contributed by atoms with Crippen LogP contribution >= 0.6 is 0 Å². The number of benzene rings is 2. The molecule has 3 heterocycles. The van der Waals surface area contributed by atoms with Crippen molar-refractivity contribution in [2.24, 2.45) is 5.41 Å². The normalized spacial score (nSPS) is 19.1. The first-order chi connectivity index (χ1) is 21.7. The number of aromatic nitrogens is 2. The summed E-state index contributed by atoms with van der Waals surface area (Å²) in [6, 6.07) is 6.43. The molecule has 1 saturated carbocycles. The van der Waals surface area contributed by atoms with E-state index in [1.54, 1.807) is 23.2 Å². The number of hydrazine groups is 1. The first kappa shape index (κ1) is 27.2. The number of rotatable bonds is 13. The van der Waals surface area contributed by atoms with Gasteiger partial charge < -0.3 is 20.2 Å². The molecule has 0 spiro atoms. The molecule has 7 nitrogen and oxygen atoms in total. The molecule has 230 valence electrons. The van der Waals surface area contributed by atoms with Crippen LogP contribution in [0.2, 0.25) is 0 Å². The van der Waals surface area contributed by atoms with Gasteiger partial charge in [-0.15, -0.1) is 0 Å². The van der Waals surface area contributed by atoms with Gasteiger partial charge in [0.2, 0.25) is 0 Å². The average molecular weight is 590 g/mol. The van der Waals surface area contributed by atoms with Crippen LogP contribution in [-0.4, -0.2) is 46.2 Å². The Balaban J connectivity index is 1.43. The number of phenolic OH excluding ortho intramolecular Hbond substituents is 1. The number of anilines is 1. The lowest BCUT2D eigenvalue weighted by Gasteiger charge is -2.27. The molecule has 1 aliphatic carbocycles. The average Bonchev–Trinajstić information content (AvgIpc) is 3.64. The molecule has 1 unspecified atom stereocenters. The van der Waals surface area contributed by atoms with E-state index in [0.29, 0.717) is 35.0 Å². The zero-order valence-electron chi connectivity index (χ0n) is 27.8. The standard InChI is InChI=1S/C35H46FN5O2/c1-4-7-8-11-24(5-2)33-28-20-37-41(31-19-26(42)18-25-12-13-29(36)27(6-3)32(25)31)21-30(28)38-34(39-33)43-23-35(14-15-35)22-40-16-9-10-17-40/h12-13,18-21,24,37,42H,4-11,14-17,22-23H2,1-3H3/i23D2. The van der Waals surface area contributed by atoms with E-state index in [1.165, 1.54) is 6.07 Å². The van der Waals surface area contributed by atoms with Gasteiger partial charge >= 0.3 is 6.01 Å². The van der Waals surface area contributed by atoms with E-state index in [2.05, 4.69) is 24.2 Å². The van der Waals surface area contributed by atoms with Crippen molar-refractivity contribution in [3.05, 3.63) is 51.9 Å². The summed E-state index contributed by atoms with van der Waals surface area (Å²) in [5, 5.41) is 15.2. The predicted octanol–water partition coefficient (Wildman–Crippen LogP) is 5.87. The van der Waals surface area contributed by atoms with Crippen molar-refractivity contribution in [3.8, 4) is 11.8 Å². The van der Waals surface area contributed by atoms with Gasteiger partial charge in [-0.25, -0.2) is 4.39 Å². The minimum absolute atomic E-state index is 0.0444. The third-order valence-electron chi connectivity index (χ3n) is 9.30. The smallest absolute Gasteiger partial charge is 0.317 e. The molecule has 1 atom stereocenters. The van der Waals surface area contributed by atoms with Crippen molar-refractivity contribution >= 4 is 28.9 Å². The highest BCUT2D eigenvalue weighted by atomic mass is 19.1. The van der Waals surface area contributed by atoms with Crippen molar-refractivity contribution in [2.75, 3.05) is 31.2 Å². The van der Waals surface area contributed by atoms with E-state index in [-0.39, 0.29) is 23.5 Å². The second kappa shape index (κ2) is 12.7. The van der Waals surface area contributed by atoms with Crippen molar-refractivity contribution < 1.29 is 17.0 Å². The molecule has 1 saturated heterocycles. The lowest BCUT2D eigenvalue weighted by atomic mass is 9.93. The number of nitrogens with zero attached hydrogens (tertiary/aromatic N) is 4. The zero-order valence-corrected chi connectivity index (χ0v) is 25.8. The maximum Gasteiger partial charge on any atom is 0.317 e. The molecule has 0 bridgehead atoms. The number of hydrogen-bond donors (Lipinski definition) is 2. The number of likely N-dealkylation sites (tertiary alicyclic amines) is 1. The van der Waals surface area contributed by atoms with Crippen LogP contribution in [0.1, 0.15) is 98.5 Å². The predicted molar refractivity (Wildman–Crippen MR) is 171 cm³/mol. The summed E-state index contributed by atoms with van der Waals surface area (Å²) in [6.07, 6.45) is 13.2. The Morgan fingerprint density at radius 1 is 1.14 bits per heavy atom. The number of aromatic hydroxyl groups is 1. The Kier molecular flexibility index (Phi) is 8.02. The third-order valence-corrected chi connectivity index (χ3v) is 9.30. The highest BCUT2D eigenvalue weighted by Gasteiger charge is 2.45. The van der Waals surface area contributed by atoms with Crippen molar-refractivity contribution in [3.63, 3.8) is 0 Å². The van der Waals surface area contributed by atoms with Gasteiger partial charge in [0.05, 0.1) is 32.2 Å². The first-order valence-electron chi connectivity index (χ1n) is 17.2. The van der Waals surface area contributed by atoms with E-state index in [4.69, 9.17) is 17.4 Å². The fraction of sp³-hybridized carbons (Fsp3) is 0.543. The van der Waals surface area contributed by atoms with Gasteiger partial charge in [-0.05, 0) is 81.1 Å². The van der Waals surface area contributed by atoms with Crippen LogP contribution in [0, 0.1) is 11.2 Å². The van der Waals surface area contributed by atoms with Gasteiger partial charge in [-0.2, -0.15) is 9.97 Å². The lowest BCUT2D eigenvalue weighted by Crippen LogP contribution is -2.46. The molecular weight excluding hydrogens is 541 g/mol. The van der Waals surface area contributed by atoms with Crippen molar-refractivity contribution in [1.29, 1.82) is 0 Å². The number of aryl methyl sites for hydroxylation is 1. The van der Waals surface area contributed by atoms with E-state index in [1.807, 2.05) is 19.3 Å². The summed E-state index contributed by atoms with van der Waals surface area (Å²) in [5.41, 5.74) is 4.78. The number of hydrogen-bond acceptors (Lipinski definition) is 7. The Bertz CT molecular complexity index is 1670. The molecule has 8 heteroatoms. The van der Waals surface area contributed by atoms with Gasteiger partial charge in [-0.1, -0.05) is 46.1 Å². The molecule has 43 heavy (non-hydrogen) atoms. The summed E-state index contributed by atoms with van der Waals surface area (Å²) in [7, 11) is 0. The molecule has 1 aromatic heterocycles. The van der Waals surface area contributed by atoms with Crippen molar-refractivity contribution in [1.82, 2.24) is 20.3 Å². The highest BCUT2D eigenvalue weighted by molar-refractivity contribution is 5.99. The van der Waals surface area contributed by atoms with E-state index >= 15 is 0 Å². The van der Waals surface area contributed by atoms with Gasteiger partial charge in [0.15, 0.2) is 0 Å². The summed E-state index contributed by atoms with van der Waals surface area (Å²) in [6.45, 7) is 7.05. The first-order valence-corrected chi connectivity index (χ1v) is 16.2. The molecule has 0 amide bonds. The molecule has 2 N–H and O–H groups in total. The highest BCUT2D eigenvalue weighted by Crippen LogP contribution is 2.47. The van der Waals surface area contributed by atoms with Crippen LogP contribution < -0.4 is 25.7 Å². The Hall–Kier alpha value is -3.39. The Morgan fingerprint density at radius 3 is 2.67 bits per heavy atom. The van der Waals surface area contributed by atoms with Gasteiger partial charge in [0.25, 0.3) is 0 Å². The number of fused-ring (bicyclic) bond motifs is 2. The topological polar surface area (TPSA) is 73.8 Å². The number of nitrogens with one attached hydrogen (secondary N) is 1. The molecular formula is C35H46FN5O2. The molecule has 6 rings (SSSR count). The largest absolute Gasteiger partial charge is 0.508 e. The maximum atomic E-state index is 15.0. The van der Waals surface area contributed by atoms with Crippen LogP contribution in [0.25, 0.3) is 23.2 Å². The van der Waals surface area contributed by atoms with Gasteiger partial charge in [0.1, 0.15) is 11.6 Å². The quantitative estimate of drug-likeness (QED) is 0.242. The minimum atomic E-state index is -1.92. The molecule has 0 radical (unpaired) electrons. The number of unbranched alkanes of at least 4 members (excludes halogenated alkanes) is 2. The lowest BCUT2D eigenvalue weighted by molar-refractivity contribution is 0.169. The van der Waals surface area contributed by atoms with E-state index < -0.39 is 12.0 Å². The fourth-order valence-electron chi connectivity index (χ4n) is 6.67. The SMILES string of the molecule is [2H]C([2H])(Oc1nc(C(CC)CCCCC)c2c(n1)=CN(c1cc(O)cc3ccc(F)c(CC)c13)NC=2)C1(CN2CCCC2)CC1. The molecule has 3 aliphatic rings. The van der Waals surface area contributed by atoms with Crippen LogP contribution in [0.15, 0.2) is 24.3 Å². The summed E-state index contributed by atoms with van der Waals surface area (Å²) in [4.78, 5) is 12.1. The number of ether oxygens (including phenoxy) is 1. The van der Waals surface area contributed by atoms with Crippen LogP contribution in [-0.2, 0) is 6.42 Å². The second-order valence-electron chi connectivity index (χ2n) is 12.5. The summed E-state index contributed by atoms with van der Waals surface area (Å²) >= 11 is 0. The van der Waals surface area contributed by atoms with Crippen molar-refractivity contribution in [2.45, 2.75) is 90.9 Å².